The average Bonchev–Trinajstić information content (AvgIpc) is 1.70. The van der Waals surface area contributed by atoms with E-state index in [0.29, 0.717) is 12.0 Å². The minimum Gasteiger partial charge on any atom is -0.481 e. The molecule has 1 aromatic carbocycles. The van der Waals surface area contributed by atoms with Crippen molar-refractivity contribution in [2.45, 2.75) is 270 Å². The summed E-state index contributed by atoms with van der Waals surface area (Å²) in [6.07, 6.45) is -2.42. The summed E-state index contributed by atoms with van der Waals surface area (Å²) < 4.78 is 0. The third-order valence-electron chi connectivity index (χ3n) is 23.0. The molecule has 0 radical (unpaired) electrons. The van der Waals surface area contributed by atoms with E-state index in [-0.39, 0.29) is 45.1 Å². The van der Waals surface area contributed by atoms with Crippen LogP contribution in [0.15, 0.2) is 30.3 Å². The lowest BCUT2D eigenvalue weighted by Gasteiger charge is -2.32. The lowest BCUT2D eigenvalue weighted by Crippen LogP contribution is -2.61. The topological polar surface area (TPSA) is 841 Å². The Morgan fingerprint density at radius 2 is 0.692 bits per heavy atom. The SMILES string of the molecule is CC[C@H](C)[C@H](NC(=O)CNC(=O)[C@H](Cc1ccccc1)NC(=O)CNC(=O)CNC(=O)[C@H](CO)NC(=O)[C@H](CO)NC(=O)[C@@H](NC(=O)[C@@H]1CCCN1C(=O)[C@@H](NC(=O)CNC(=O)[C@H](CCC(=O)O)NC(=O)[C@H](CCC(=O)O)NC(=O)[C@H](CO)NC(=O)[C@H](CC(C)C)NC(=O)[C@@H](NC(=O)[C@H](CO)NC(=O)CNC(=O)[C@@H](NC(=O)[C@H](C)NC(=O)[C@H](C)NC(=O)[C@@H](N)CO)C(C)C)[C@@H](C)CC)C(C)C)[C@@H](C)CC)C(=O)O. The number of hydrogen-bond donors (Lipinski definition) is 29. The molecule has 1 aliphatic heterocycles. The average molecular weight is 2030 g/mol. The lowest BCUT2D eigenvalue weighted by atomic mass is 9.96. The first kappa shape index (κ1) is 125. The second kappa shape index (κ2) is 63.9. The zero-order valence-corrected chi connectivity index (χ0v) is 82.6. The largest absolute Gasteiger partial charge is 0.481 e. The summed E-state index contributed by atoms with van der Waals surface area (Å²) in [5, 5.41) is 126. The van der Waals surface area contributed by atoms with Gasteiger partial charge in [0.15, 0.2) is 0 Å². The van der Waals surface area contributed by atoms with Gasteiger partial charge in [0.25, 0.3) is 0 Å². The highest BCUT2D eigenvalue weighted by molar-refractivity contribution is 6.02. The molecule has 0 aromatic heterocycles. The van der Waals surface area contributed by atoms with E-state index in [2.05, 4.69) is 106 Å². The number of carboxylic acid groups (broad SMARTS) is 3. The minimum atomic E-state index is -2.00. The molecule has 2 rings (SSSR count). The van der Waals surface area contributed by atoms with Crippen LogP contribution in [0.4, 0.5) is 0 Å². The number of carbonyl (C=O) groups is 24. The van der Waals surface area contributed by atoms with E-state index in [0.717, 1.165) is 4.90 Å². The summed E-state index contributed by atoms with van der Waals surface area (Å²) in [5.74, 6) is -29.5. The number of likely N-dealkylation sites (tertiary alicyclic amines) is 1. The molecule has 54 nitrogen and oxygen atoms in total. The number of amides is 21. The van der Waals surface area contributed by atoms with Gasteiger partial charge in [-0.25, -0.2) is 4.79 Å². The Kier molecular flexibility index (Phi) is 56.0. The van der Waals surface area contributed by atoms with Crippen LogP contribution in [-0.4, -0.2) is 363 Å². The molecule has 1 aliphatic rings. The van der Waals surface area contributed by atoms with Gasteiger partial charge in [-0.05, 0) is 87.0 Å². The van der Waals surface area contributed by atoms with Crippen molar-refractivity contribution in [2.75, 3.05) is 72.3 Å². The number of nitrogens with zero attached hydrogens (tertiary/aromatic N) is 1. The second-order valence-electron chi connectivity index (χ2n) is 35.6. The van der Waals surface area contributed by atoms with Crippen LogP contribution >= 0.6 is 0 Å². The molecule has 802 valence electrons. The van der Waals surface area contributed by atoms with E-state index in [1.54, 1.807) is 92.6 Å². The highest BCUT2D eigenvalue weighted by Gasteiger charge is 2.43. The van der Waals surface area contributed by atoms with E-state index < -0.39 is 372 Å². The lowest BCUT2D eigenvalue weighted by molar-refractivity contribution is -0.143. The first-order valence-electron chi connectivity index (χ1n) is 46.9. The van der Waals surface area contributed by atoms with Crippen LogP contribution in [0.3, 0.4) is 0 Å². The molecule has 30 N–H and O–H groups in total. The van der Waals surface area contributed by atoms with Crippen molar-refractivity contribution in [2.24, 2.45) is 41.2 Å². The number of rotatable bonds is 65. The van der Waals surface area contributed by atoms with Crippen LogP contribution in [-0.2, 0) is 121 Å². The Morgan fingerprint density at radius 1 is 0.343 bits per heavy atom. The van der Waals surface area contributed by atoms with E-state index in [1.165, 1.54) is 34.6 Å². The molecular formula is C89H144N22O32. The summed E-state index contributed by atoms with van der Waals surface area (Å²) >= 11 is 0. The van der Waals surface area contributed by atoms with Crippen molar-refractivity contribution < 1.29 is 156 Å². The van der Waals surface area contributed by atoms with Gasteiger partial charge in [-0.15, -0.1) is 0 Å². The minimum absolute atomic E-state index is 0.0113. The van der Waals surface area contributed by atoms with Gasteiger partial charge in [0.1, 0.15) is 103 Å². The fourth-order valence-corrected chi connectivity index (χ4v) is 13.8. The summed E-state index contributed by atoms with van der Waals surface area (Å²) in [6.45, 7) is 12.3. The Labute approximate surface area is 825 Å². The Morgan fingerprint density at radius 3 is 1.15 bits per heavy atom. The van der Waals surface area contributed by atoms with Crippen LogP contribution in [0.5, 0.6) is 0 Å². The number of hydrogen-bond acceptors (Lipinski definition) is 30. The molecule has 143 heavy (non-hydrogen) atoms. The fourth-order valence-electron chi connectivity index (χ4n) is 13.8. The van der Waals surface area contributed by atoms with Gasteiger partial charge >= 0.3 is 17.9 Å². The highest BCUT2D eigenvalue weighted by atomic mass is 16.4. The molecule has 20 atom stereocenters. The molecule has 0 unspecified atom stereocenters. The van der Waals surface area contributed by atoms with Crippen molar-refractivity contribution in [3.63, 3.8) is 0 Å². The molecule has 0 bridgehead atoms. The smallest absolute Gasteiger partial charge is 0.326 e. The quantitative estimate of drug-likeness (QED) is 0.0288. The number of nitrogens with one attached hydrogen (secondary N) is 20. The van der Waals surface area contributed by atoms with Gasteiger partial charge in [0.2, 0.25) is 124 Å². The van der Waals surface area contributed by atoms with Crippen LogP contribution < -0.4 is 112 Å². The number of aliphatic carboxylic acids is 3. The number of nitrogens with two attached hydrogens (primary N) is 1. The van der Waals surface area contributed by atoms with Crippen LogP contribution in [0.2, 0.25) is 0 Å². The van der Waals surface area contributed by atoms with Crippen LogP contribution in [0.25, 0.3) is 0 Å². The van der Waals surface area contributed by atoms with Crippen molar-refractivity contribution in [1.29, 1.82) is 0 Å². The molecule has 0 spiro atoms. The van der Waals surface area contributed by atoms with Gasteiger partial charge in [-0.2, -0.15) is 0 Å². The van der Waals surface area contributed by atoms with Gasteiger partial charge < -0.3 is 158 Å². The second-order valence-corrected chi connectivity index (χ2v) is 35.6. The standard InChI is InChI=1S/C89H144N22O32/c1-15-45(10)70(109-83(136)57(39-114)99-63(119)34-95-85(138)68(43(6)7)108-74(127)49(14)96-73(126)48(13)97-75(128)51(90)37-112)86(139)102-54(30-42(4)5)80(133)104-58(40-115)81(134)101-53(26-28-67(124)125)79(132)100-52(25-27-66(122)123)76(129)93-35-64(120)106-69(44(8)9)88(141)111-29-21-24-60(111)84(137)110-71(46(11)16-2)87(140)105-59(41-116)82(135)103-56(38-113)78(131)92-32-61(117)91-33-62(118)98-55(31-50-22-19-18-20-23-50)77(130)94-36-65(121)107-72(89(142)143)47(12)17-3/h18-20,22-23,42-49,51-60,68-72,112-116H,15-17,21,24-41,90H2,1-14H3,(H,91,117)(H,92,131)(H,93,129)(H,94,130)(H,95,138)(H,96,126)(H,97,128)(H,98,118)(H,99,119)(H,100,132)(H,101,134)(H,102,139)(H,103,135)(H,104,133)(H,105,140)(H,106,120)(H,107,121)(H,108,127)(H,109,136)(H,110,137)(H,122,123)(H,124,125)(H,142,143)/t45-,46-,47-,48-,49-,51-,52-,53-,54-,55-,56-,57-,58-,59-,60-,68-,69-,70-,71-,72-/m0/s1. The van der Waals surface area contributed by atoms with E-state index in [4.69, 9.17) is 10.8 Å². The molecule has 1 aromatic rings. The van der Waals surface area contributed by atoms with Gasteiger partial charge in [-0.3, -0.25) is 110 Å². The van der Waals surface area contributed by atoms with Crippen molar-refractivity contribution in [3.8, 4) is 0 Å². The molecule has 1 heterocycles. The number of aliphatic hydroxyl groups excluding tert-OH is 5. The third kappa shape index (κ3) is 44.1. The predicted octanol–water partition coefficient (Wildman–Crippen LogP) is -11.3. The van der Waals surface area contributed by atoms with E-state index in [9.17, 15) is 151 Å². The van der Waals surface area contributed by atoms with Crippen LogP contribution in [0.1, 0.15) is 167 Å². The molecule has 0 aliphatic carbocycles. The maximum Gasteiger partial charge on any atom is 0.326 e. The van der Waals surface area contributed by atoms with E-state index in [1.807, 2.05) is 0 Å². The molecule has 21 amide bonds. The molecule has 0 saturated carbocycles. The van der Waals surface area contributed by atoms with Gasteiger partial charge in [-0.1, -0.05) is 133 Å². The monoisotopic (exact) mass is 2030 g/mol. The predicted molar refractivity (Wildman–Crippen MR) is 503 cm³/mol. The number of benzene rings is 1. The Hall–Kier alpha value is -13.7. The summed E-state index contributed by atoms with van der Waals surface area (Å²) in [6, 6.07) is -18.0. The van der Waals surface area contributed by atoms with Crippen molar-refractivity contribution in [3.05, 3.63) is 35.9 Å². The summed E-state index contributed by atoms with van der Waals surface area (Å²) in [5.41, 5.74) is 6.05. The Bertz CT molecular complexity index is 4550. The summed E-state index contributed by atoms with van der Waals surface area (Å²) in [4.78, 5) is 321. The molecule has 54 heteroatoms. The maximum atomic E-state index is 14.5. The Balaban J connectivity index is 2.21. The zero-order chi connectivity index (χ0) is 109. The van der Waals surface area contributed by atoms with Gasteiger partial charge in [0.05, 0.1) is 65.8 Å². The first-order chi connectivity index (χ1) is 67.2. The van der Waals surface area contributed by atoms with E-state index >= 15 is 0 Å². The number of carboxylic acids is 3. The molecular weight excluding hydrogens is 1890 g/mol. The molecule has 1 saturated heterocycles. The van der Waals surface area contributed by atoms with Crippen LogP contribution in [0, 0.1) is 35.5 Å². The zero-order valence-electron chi connectivity index (χ0n) is 82.6. The van der Waals surface area contributed by atoms with Crippen molar-refractivity contribution >= 4 is 142 Å². The highest BCUT2D eigenvalue weighted by Crippen LogP contribution is 2.23. The summed E-state index contributed by atoms with van der Waals surface area (Å²) in [7, 11) is 0. The third-order valence-corrected chi connectivity index (χ3v) is 23.0. The number of carbonyl (C=O) groups excluding carboxylic acids is 21. The normalized spacial score (nSPS) is 16.2. The number of aliphatic hydroxyl groups is 5. The van der Waals surface area contributed by atoms with Gasteiger partial charge in [0, 0.05) is 25.8 Å². The fraction of sp³-hybridized carbons (Fsp3) is 0.663. The first-order valence-corrected chi connectivity index (χ1v) is 46.9. The maximum absolute atomic E-state index is 14.5. The van der Waals surface area contributed by atoms with Crippen molar-refractivity contribution in [1.82, 2.24) is 111 Å². The molecule has 1 fully saturated rings.